The van der Waals surface area contributed by atoms with Crippen LogP contribution in [0.2, 0.25) is 0 Å². The molecule has 0 aromatic rings. The molecule has 2 aliphatic heterocycles. The van der Waals surface area contributed by atoms with Gasteiger partial charge in [-0.15, -0.1) is 0 Å². The van der Waals surface area contributed by atoms with Crippen molar-refractivity contribution in [3.63, 3.8) is 0 Å². The predicted molar refractivity (Wildman–Crippen MR) is 43.2 cm³/mol. The maximum Gasteiger partial charge on any atom is 0.409 e. The number of amides is 1. The first-order valence-electron chi connectivity index (χ1n) is 4.28. The van der Waals surface area contributed by atoms with Crippen LogP contribution in [0.5, 0.6) is 0 Å². The quantitative estimate of drug-likeness (QED) is 0.543. The van der Waals surface area contributed by atoms with Crippen LogP contribution in [0.25, 0.3) is 0 Å². The predicted octanol–water partition coefficient (Wildman–Crippen LogP) is 0.200. The van der Waals surface area contributed by atoms with E-state index in [1.807, 2.05) is 6.92 Å². The van der Waals surface area contributed by atoms with Gasteiger partial charge in [0.1, 0.15) is 6.10 Å². The van der Waals surface area contributed by atoms with Gasteiger partial charge in [-0.3, -0.25) is 0 Å². The zero-order valence-electron chi connectivity index (χ0n) is 7.78. The minimum atomic E-state index is -0.628. The fraction of sp³-hybridized carbons (Fsp3) is 0.875. The second kappa shape index (κ2) is 2.85. The van der Waals surface area contributed by atoms with E-state index in [4.69, 9.17) is 9.47 Å². The number of fused-ring (bicyclic) bond motifs is 2. The second-order valence-electron chi connectivity index (χ2n) is 3.54. The maximum atomic E-state index is 11.2. The lowest BCUT2D eigenvalue weighted by Crippen LogP contribution is -2.51. The van der Waals surface area contributed by atoms with Gasteiger partial charge in [-0.2, -0.15) is 0 Å². The molecule has 0 aliphatic carbocycles. The van der Waals surface area contributed by atoms with E-state index in [1.165, 1.54) is 7.11 Å². The average Bonchev–Trinajstić information content (AvgIpc) is 2.38. The average molecular weight is 187 g/mol. The monoisotopic (exact) mass is 187 g/mol. The van der Waals surface area contributed by atoms with Gasteiger partial charge in [0.25, 0.3) is 0 Å². The molecule has 0 radical (unpaired) electrons. The van der Waals surface area contributed by atoms with Crippen molar-refractivity contribution in [1.29, 1.82) is 0 Å². The summed E-state index contributed by atoms with van der Waals surface area (Å²) in [7, 11) is 1.38. The number of carbonyl (C=O) groups excluding carboxylic acids is 1. The van der Waals surface area contributed by atoms with Crippen LogP contribution < -0.4 is 0 Å². The van der Waals surface area contributed by atoms with Crippen molar-refractivity contribution < 1.29 is 19.0 Å². The van der Waals surface area contributed by atoms with Crippen LogP contribution in [0.3, 0.4) is 0 Å². The normalized spacial score (nSPS) is 37.7. The van der Waals surface area contributed by atoms with Crippen LogP contribution in [0.15, 0.2) is 0 Å². The van der Waals surface area contributed by atoms with Gasteiger partial charge in [0.2, 0.25) is 0 Å². The molecule has 13 heavy (non-hydrogen) atoms. The highest BCUT2D eigenvalue weighted by atomic mass is 16.7. The van der Waals surface area contributed by atoms with Crippen LogP contribution in [-0.2, 0) is 14.2 Å². The van der Waals surface area contributed by atoms with Crippen LogP contribution in [0.4, 0.5) is 4.79 Å². The summed E-state index contributed by atoms with van der Waals surface area (Å²) >= 11 is 0. The Morgan fingerprint density at radius 1 is 1.69 bits per heavy atom. The van der Waals surface area contributed by atoms with Gasteiger partial charge >= 0.3 is 6.09 Å². The molecule has 0 spiro atoms. The molecule has 1 amide bonds. The van der Waals surface area contributed by atoms with Gasteiger partial charge in [0, 0.05) is 0 Å². The first-order valence-corrected chi connectivity index (χ1v) is 4.28. The van der Waals surface area contributed by atoms with E-state index >= 15 is 0 Å². The van der Waals surface area contributed by atoms with Crippen molar-refractivity contribution in [1.82, 2.24) is 4.90 Å². The molecule has 0 aromatic heterocycles. The Morgan fingerprint density at radius 3 is 3.08 bits per heavy atom. The minimum absolute atomic E-state index is 0.00199. The molecule has 2 atom stereocenters. The van der Waals surface area contributed by atoms with Crippen LogP contribution >= 0.6 is 0 Å². The van der Waals surface area contributed by atoms with Gasteiger partial charge in [-0.05, 0) is 6.92 Å². The van der Waals surface area contributed by atoms with E-state index in [9.17, 15) is 4.79 Å². The summed E-state index contributed by atoms with van der Waals surface area (Å²) in [5.41, 5.74) is 0. The van der Waals surface area contributed by atoms with E-state index < -0.39 is 5.79 Å². The van der Waals surface area contributed by atoms with Gasteiger partial charge in [0.05, 0.1) is 26.8 Å². The zero-order chi connectivity index (χ0) is 9.47. The van der Waals surface area contributed by atoms with Gasteiger partial charge in [0.15, 0.2) is 5.79 Å². The second-order valence-corrected chi connectivity index (χ2v) is 3.54. The smallest absolute Gasteiger partial charge is 0.409 e. The number of rotatable bonds is 0. The molecule has 0 saturated carbocycles. The molecule has 5 nitrogen and oxygen atoms in total. The van der Waals surface area contributed by atoms with Gasteiger partial charge < -0.3 is 19.1 Å². The van der Waals surface area contributed by atoms with Crippen LogP contribution in [0, 0.1) is 0 Å². The highest BCUT2D eigenvalue weighted by Crippen LogP contribution is 2.29. The third kappa shape index (κ3) is 1.49. The van der Waals surface area contributed by atoms with Crippen molar-refractivity contribution in [3.05, 3.63) is 0 Å². The van der Waals surface area contributed by atoms with Crippen molar-refractivity contribution in [2.75, 3.05) is 26.8 Å². The number of hydrogen-bond donors (Lipinski definition) is 0. The molecule has 2 saturated heterocycles. The lowest BCUT2D eigenvalue weighted by molar-refractivity contribution is -0.185. The lowest BCUT2D eigenvalue weighted by atomic mass is 10.2. The topological polar surface area (TPSA) is 48.0 Å². The third-order valence-electron chi connectivity index (χ3n) is 2.33. The minimum Gasteiger partial charge on any atom is -0.453 e. The third-order valence-corrected chi connectivity index (χ3v) is 2.33. The summed E-state index contributed by atoms with van der Waals surface area (Å²) in [5.74, 6) is -0.628. The van der Waals surface area contributed by atoms with Crippen molar-refractivity contribution >= 4 is 6.09 Å². The molecule has 0 unspecified atom stereocenters. The Morgan fingerprint density at radius 2 is 2.46 bits per heavy atom. The first-order chi connectivity index (χ1) is 6.13. The molecule has 74 valence electrons. The van der Waals surface area contributed by atoms with E-state index in [-0.39, 0.29) is 12.2 Å². The molecule has 2 fully saturated rings. The number of ether oxygens (including phenoxy) is 3. The van der Waals surface area contributed by atoms with E-state index in [1.54, 1.807) is 4.90 Å². The molecule has 2 heterocycles. The van der Waals surface area contributed by atoms with Crippen molar-refractivity contribution in [3.8, 4) is 0 Å². The number of morpholine rings is 1. The molecule has 2 aliphatic rings. The maximum absolute atomic E-state index is 11.2. The highest BCUT2D eigenvalue weighted by molar-refractivity contribution is 5.67. The fourth-order valence-electron chi connectivity index (χ4n) is 1.79. The van der Waals surface area contributed by atoms with Crippen molar-refractivity contribution in [2.24, 2.45) is 0 Å². The lowest BCUT2D eigenvalue weighted by Gasteiger charge is -2.35. The highest BCUT2D eigenvalue weighted by Gasteiger charge is 2.45. The SMILES string of the molecule is COC(=O)N1C[C@@H]2CO[C@](C)(C1)O2. The van der Waals surface area contributed by atoms with Crippen LogP contribution in [-0.4, -0.2) is 49.7 Å². The van der Waals surface area contributed by atoms with Crippen LogP contribution in [0.1, 0.15) is 6.92 Å². The summed E-state index contributed by atoms with van der Waals surface area (Å²) in [6.45, 7) is 3.39. The van der Waals surface area contributed by atoms with E-state index in [0.717, 1.165) is 0 Å². The Kier molecular flexibility index (Phi) is 1.92. The number of carbonyl (C=O) groups is 1. The Balaban J connectivity index is 2.06. The first kappa shape index (κ1) is 8.77. The molecule has 0 aromatic carbocycles. The number of methoxy groups -OCH3 is 1. The Labute approximate surface area is 76.5 Å². The van der Waals surface area contributed by atoms with E-state index in [0.29, 0.717) is 19.7 Å². The standard InChI is InChI=1S/C8H13NO4/c1-8-5-9(7(10)11-2)3-6(13-8)4-12-8/h6H,3-5H2,1-2H3/t6-,8+/m1/s1. The molecular formula is C8H13NO4. The summed E-state index contributed by atoms with van der Waals surface area (Å²) in [6, 6.07) is 0. The fourth-order valence-corrected chi connectivity index (χ4v) is 1.79. The Hall–Kier alpha value is -0.810. The summed E-state index contributed by atoms with van der Waals surface area (Å²) in [4.78, 5) is 12.8. The number of hydrogen-bond acceptors (Lipinski definition) is 4. The number of nitrogens with zero attached hydrogens (tertiary/aromatic N) is 1. The molecule has 2 rings (SSSR count). The van der Waals surface area contributed by atoms with Gasteiger partial charge in [-0.25, -0.2) is 4.79 Å². The molecule has 2 bridgehead atoms. The van der Waals surface area contributed by atoms with E-state index in [2.05, 4.69) is 4.74 Å². The zero-order valence-corrected chi connectivity index (χ0v) is 7.78. The Bertz CT molecular complexity index is 232. The molecule has 5 heteroatoms. The summed E-state index contributed by atoms with van der Waals surface area (Å²) < 4.78 is 15.6. The molecular weight excluding hydrogens is 174 g/mol. The van der Waals surface area contributed by atoms with Crippen molar-refractivity contribution in [2.45, 2.75) is 18.8 Å². The summed E-state index contributed by atoms with van der Waals surface area (Å²) in [5, 5.41) is 0. The molecule has 0 N–H and O–H groups in total. The summed E-state index contributed by atoms with van der Waals surface area (Å²) in [6.07, 6.45) is -0.317. The van der Waals surface area contributed by atoms with Gasteiger partial charge in [-0.1, -0.05) is 0 Å². The largest absolute Gasteiger partial charge is 0.453 e.